The number of pyridine rings is 1. The molecule has 11 heteroatoms. The Morgan fingerprint density at radius 1 is 1.10 bits per heavy atom. The molecule has 1 saturated heterocycles. The van der Waals surface area contributed by atoms with Crippen molar-refractivity contribution >= 4 is 51.8 Å². The van der Waals surface area contributed by atoms with Gasteiger partial charge in [-0.05, 0) is 51.2 Å². The van der Waals surface area contributed by atoms with E-state index in [4.69, 9.17) is 21.3 Å². The summed E-state index contributed by atoms with van der Waals surface area (Å²) in [6.45, 7) is 1.88. The van der Waals surface area contributed by atoms with Gasteiger partial charge in [0.15, 0.2) is 0 Å². The number of carbonyl (C=O) groups is 1. The van der Waals surface area contributed by atoms with Crippen molar-refractivity contribution in [2.45, 2.75) is 28.6 Å². The summed E-state index contributed by atoms with van der Waals surface area (Å²) in [5, 5.41) is 4.69. The van der Waals surface area contributed by atoms with Crippen LogP contribution in [0.3, 0.4) is 0 Å². The molecule has 0 aliphatic carbocycles. The van der Waals surface area contributed by atoms with Crippen molar-refractivity contribution in [3.05, 3.63) is 77.7 Å². The van der Waals surface area contributed by atoms with Gasteiger partial charge in [-0.2, -0.15) is 4.37 Å². The lowest BCUT2D eigenvalue weighted by Gasteiger charge is -2.31. The van der Waals surface area contributed by atoms with Crippen molar-refractivity contribution in [3.8, 4) is 11.5 Å². The van der Waals surface area contributed by atoms with Gasteiger partial charge in [-0.3, -0.25) is 4.79 Å². The van der Waals surface area contributed by atoms with E-state index >= 15 is 0 Å². The average Bonchev–Trinajstić information content (AvgIpc) is 3.40. The van der Waals surface area contributed by atoms with Gasteiger partial charge < -0.3 is 19.9 Å². The molecule has 2 aromatic heterocycles. The Bertz CT molecular complexity index is 1410. The largest absolute Gasteiger partial charge is 0.456 e. The summed E-state index contributed by atoms with van der Waals surface area (Å²) in [5.74, 6) is 3.21. The number of likely N-dealkylation sites (N-methyl/N-ethyl adjacent to an activating group) is 1. The second-order valence-electron chi connectivity index (χ2n) is 9.44. The molecule has 1 aliphatic heterocycles. The number of amides is 1. The lowest BCUT2D eigenvalue weighted by atomic mass is 9.96. The third kappa shape index (κ3) is 7.27. The maximum absolute atomic E-state index is 12.4. The van der Waals surface area contributed by atoms with E-state index in [1.54, 1.807) is 6.20 Å². The van der Waals surface area contributed by atoms with Gasteiger partial charge >= 0.3 is 0 Å². The Morgan fingerprint density at radius 2 is 1.85 bits per heavy atom. The van der Waals surface area contributed by atoms with Crippen LogP contribution < -0.4 is 10.1 Å². The monoisotopic (exact) mass is 580 g/mol. The molecule has 3 heterocycles. The van der Waals surface area contributed by atoms with E-state index in [9.17, 15) is 4.79 Å². The van der Waals surface area contributed by atoms with Crippen LogP contribution in [0.15, 0.2) is 76.7 Å². The van der Waals surface area contributed by atoms with Crippen LogP contribution in [0.25, 0.3) is 0 Å². The van der Waals surface area contributed by atoms with Crippen LogP contribution >= 0.6 is 34.9 Å². The highest BCUT2D eigenvalue weighted by atomic mass is 35.5. The Hall–Kier alpha value is -3.18. The highest BCUT2D eigenvalue weighted by Gasteiger charge is 2.26. The van der Waals surface area contributed by atoms with Crippen LogP contribution in [0.1, 0.15) is 24.6 Å². The van der Waals surface area contributed by atoms with Crippen LogP contribution in [-0.4, -0.2) is 63.8 Å². The molecule has 8 nitrogen and oxygen atoms in total. The highest BCUT2D eigenvalue weighted by molar-refractivity contribution is 7.99. The summed E-state index contributed by atoms with van der Waals surface area (Å²) >= 11 is 9.28. The average molecular weight is 581 g/mol. The molecule has 2 aromatic carbocycles. The molecule has 0 spiro atoms. The van der Waals surface area contributed by atoms with Gasteiger partial charge in [0.25, 0.3) is 0 Å². The summed E-state index contributed by atoms with van der Waals surface area (Å²) in [6, 6.07) is 19.2. The summed E-state index contributed by atoms with van der Waals surface area (Å²) in [4.78, 5) is 27.4. The lowest BCUT2D eigenvalue weighted by Crippen LogP contribution is -2.42. The SMILES string of the molecule is CN(C)CC(=O)N1CCC(c2nsc(Nc3ncc(Oc4ccccc4)cc3Sc3ccccc3Cl)n2)CC1. The number of likely N-dealkylation sites (tertiary alicyclic amines) is 1. The van der Waals surface area contributed by atoms with Crippen LogP contribution in [-0.2, 0) is 4.79 Å². The first kappa shape index (κ1) is 27.4. The van der Waals surface area contributed by atoms with E-state index in [0.29, 0.717) is 28.3 Å². The van der Waals surface area contributed by atoms with Gasteiger partial charge in [0.1, 0.15) is 23.1 Å². The fraction of sp³-hybridized carbons (Fsp3) is 0.286. The number of benzene rings is 2. The number of carbonyl (C=O) groups excluding carboxylic acids is 1. The molecule has 4 aromatic rings. The number of aromatic nitrogens is 3. The maximum atomic E-state index is 12.4. The molecule has 0 saturated carbocycles. The number of nitrogens with zero attached hydrogens (tertiary/aromatic N) is 5. The van der Waals surface area contributed by atoms with Crippen molar-refractivity contribution in [2.75, 3.05) is 39.0 Å². The standard InChI is InChI=1S/C28H29ClN6O2S2/c1-34(2)18-25(36)35-14-12-19(13-15-35)26-31-28(39-33-26)32-27-24(38-23-11-7-6-10-22(23)29)16-21(17-30-27)37-20-8-4-3-5-9-20/h3-11,16-17,19H,12-15,18H2,1-2H3,(H,30,31,32,33). The first-order valence-electron chi connectivity index (χ1n) is 12.6. The predicted molar refractivity (Wildman–Crippen MR) is 157 cm³/mol. The van der Waals surface area contributed by atoms with Gasteiger partial charge in [0, 0.05) is 41.5 Å². The van der Waals surface area contributed by atoms with E-state index in [1.165, 1.54) is 23.3 Å². The molecule has 0 unspecified atom stereocenters. The van der Waals surface area contributed by atoms with Crippen LogP contribution in [0.2, 0.25) is 5.02 Å². The summed E-state index contributed by atoms with van der Waals surface area (Å²) in [6.07, 6.45) is 3.40. The second-order valence-corrected chi connectivity index (χ2v) is 11.7. The van der Waals surface area contributed by atoms with Crippen molar-refractivity contribution in [1.29, 1.82) is 0 Å². The number of nitrogens with one attached hydrogen (secondary N) is 1. The fourth-order valence-electron chi connectivity index (χ4n) is 4.24. The highest BCUT2D eigenvalue weighted by Crippen LogP contribution is 2.40. The van der Waals surface area contributed by atoms with E-state index in [0.717, 1.165) is 47.3 Å². The molecular weight excluding hydrogens is 552 g/mol. The quantitative estimate of drug-likeness (QED) is 0.239. The van der Waals surface area contributed by atoms with E-state index in [-0.39, 0.29) is 11.8 Å². The number of hydrogen-bond donors (Lipinski definition) is 1. The molecule has 1 amide bonds. The molecule has 0 atom stereocenters. The predicted octanol–water partition coefficient (Wildman–Crippen LogP) is 6.54. The first-order chi connectivity index (χ1) is 18.9. The zero-order valence-electron chi connectivity index (χ0n) is 21.7. The number of halogens is 1. The number of para-hydroxylation sites is 1. The van der Waals surface area contributed by atoms with Crippen molar-refractivity contribution in [2.24, 2.45) is 0 Å². The van der Waals surface area contributed by atoms with E-state index < -0.39 is 0 Å². The summed E-state index contributed by atoms with van der Waals surface area (Å²) < 4.78 is 10.7. The second kappa shape index (κ2) is 12.8. The molecule has 1 aliphatic rings. The van der Waals surface area contributed by atoms with Gasteiger partial charge in [0.05, 0.1) is 22.7 Å². The Morgan fingerprint density at radius 3 is 2.59 bits per heavy atom. The number of piperidine rings is 1. The minimum atomic E-state index is 0.168. The zero-order valence-corrected chi connectivity index (χ0v) is 24.1. The molecule has 202 valence electrons. The van der Waals surface area contributed by atoms with Crippen LogP contribution in [0.5, 0.6) is 11.5 Å². The van der Waals surface area contributed by atoms with Crippen LogP contribution in [0, 0.1) is 0 Å². The Labute approximate surface area is 241 Å². The number of hydrogen-bond acceptors (Lipinski definition) is 9. The van der Waals surface area contributed by atoms with Crippen molar-refractivity contribution in [1.82, 2.24) is 24.1 Å². The van der Waals surface area contributed by atoms with Gasteiger partial charge in [-0.25, -0.2) is 9.97 Å². The third-order valence-electron chi connectivity index (χ3n) is 6.19. The smallest absolute Gasteiger partial charge is 0.236 e. The van der Waals surface area contributed by atoms with E-state index in [1.807, 2.05) is 84.6 Å². The number of rotatable bonds is 9. The fourth-order valence-corrected chi connectivity index (χ4v) is 6.06. The normalized spacial score (nSPS) is 14.0. The maximum Gasteiger partial charge on any atom is 0.236 e. The lowest BCUT2D eigenvalue weighted by molar-refractivity contribution is -0.132. The topological polar surface area (TPSA) is 83.5 Å². The minimum absolute atomic E-state index is 0.168. The van der Waals surface area contributed by atoms with Gasteiger partial charge in [0.2, 0.25) is 11.0 Å². The van der Waals surface area contributed by atoms with Gasteiger partial charge in [-0.1, -0.05) is 53.7 Å². The first-order valence-corrected chi connectivity index (χ1v) is 14.6. The zero-order chi connectivity index (χ0) is 27.2. The molecule has 5 rings (SSSR count). The molecule has 0 radical (unpaired) electrons. The minimum Gasteiger partial charge on any atom is -0.456 e. The third-order valence-corrected chi connectivity index (χ3v) is 8.39. The molecular formula is C28H29ClN6O2S2. The molecule has 1 fully saturated rings. The number of ether oxygens (including phenoxy) is 1. The molecule has 0 bridgehead atoms. The summed E-state index contributed by atoms with van der Waals surface area (Å²) in [7, 11) is 3.82. The Kier molecular flexibility index (Phi) is 8.98. The molecule has 39 heavy (non-hydrogen) atoms. The van der Waals surface area contributed by atoms with Gasteiger partial charge in [-0.15, -0.1) is 0 Å². The molecule has 1 N–H and O–H groups in total. The van der Waals surface area contributed by atoms with Crippen LogP contribution in [0.4, 0.5) is 10.9 Å². The van der Waals surface area contributed by atoms with E-state index in [2.05, 4.69) is 14.7 Å². The van der Waals surface area contributed by atoms with Crippen molar-refractivity contribution in [3.63, 3.8) is 0 Å². The van der Waals surface area contributed by atoms with Crippen molar-refractivity contribution < 1.29 is 9.53 Å². The number of anilines is 2. The summed E-state index contributed by atoms with van der Waals surface area (Å²) in [5.41, 5.74) is 0. The Balaban J connectivity index is 1.31.